The first-order valence-corrected chi connectivity index (χ1v) is 8.99. The molecule has 2 aromatic heterocycles. The fourth-order valence-electron chi connectivity index (χ4n) is 2.23. The van der Waals surface area contributed by atoms with Gasteiger partial charge in [-0.25, -0.2) is 4.40 Å². The van der Waals surface area contributed by atoms with E-state index in [1.165, 1.54) is 11.1 Å². The van der Waals surface area contributed by atoms with E-state index in [-0.39, 0.29) is 0 Å². The smallest absolute Gasteiger partial charge is 0.261 e. The molecule has 0 aliphatic heterocycles. The van der Waals surface area contributed by atoms with Crippen molar-refractivity contribution in [2.45, 2.75) is 31.7 Å². The number of hydrogen-bond acceptors (Lipinski definition) is 7. The van der Waals surface area contributed by atoms with Crippen LogP contribution in [0.15, 0.2) is 29.4 Å². The van der Waals surface area contributed by atoms with Crippen LogP contribution < -0.4 is 10.6 Å². The quantitative estimate of drug-likeness (QED) is 0.638. The summed E-state index contributed by atoms with van der Waals surface area (Å²) in [5.41, 5.74) is 2.51. The van der Waals surface area contributed by atoms with Gasteiger partial charge in [-0.05, 0) is 26.3 Å². The molecule has 3 aromatic rings. The first-order valence-electron chi connectivity index (χ1n) is 8.00. The van der Waals surface area contributed by atoms with E-state index in [0.29, 0.717) is 17.7 Å². The molecule has 0 bridgehead atoms. The molecule has 0 saturated carbocycles. The van der Waals surface area contributed by atoms with Gasteiger partial charge in [0, 0.05) is 18.8 Å². The monoisotopic (exact) mass is 343 g/mol. The lowest BCUT2D eigenvalue weighted by Crippen LogP contribution is -2.11. The molecule has 24 heavy (non-hydrogen) atoms. The molecule has 0 unspecified atom stereocenters. The summed E-state index contributed by atoms with van der Waals surface area (Å²) in [6.45, 7) is 7.64. The van der Waals surface area contributed by atoms with E-state index in [1.807, 2.05) is 18.2 Å². The van der Waals surface area contributed by atoms with Gasteiger partial charge in [-0.1, -0.05) is 41.6 Å². The molecule has 0 fully saturated rings. The second-order valence-electron chi connectivity index (χ2n) is 5.32. The molecule has 0 radical (unpaired) electrons. The number of benzene rings is 1. The van der Waals surface area contributed by atoms with E-state index < -0.39 is 0 Å². The second kappa shape index (κ2) is 7.48. The van der Waals surface area contributed by atoms with E-state index >= 15 is 0 Å². The zero-order chi connectivity index (χ0) is 16.9. The van der Waals surface area contributed by atoms with Gasteiger partial charge in [0.05, 0.1) is 0 Å². The lowest BCUT2D eigenvalue weighted by molar-refractivity contribution is 0.887. The predicted molar refractivity (Wildman–Crippen MR) is 97.6 cm³/mol. The molecule has 0 saturated heterocycles. The minimum absolute atomic E-state index is 0.545. The largest absolute Gasteiger partial charge is 0.355 e. The van der Waals surface area contributed by atoms with Crippen molar-refractivity contribution >= 4 is 29.4 Å². The van der Waals surface area contributed by atoms with Crippen molar-refractivity contribution in [1.82, 2.24) is 24.6 Å². The Hall–Kier alpha value is -2.35. The minimum Gasteiger partial charge on any atom is -0.355 e. The highest BCUT2D eigenvalue weighted by molar-refractivity contribution is 7.98. The number of hydrogen-bond donors (Lipinski definition) is 2. The van der Waals surface area contributed by atoms with Gasteiger partial charge >= 0.3 is 0 Å². The van der Waals surface area contributed by atoms with Crippen LogP contribution in [0.2, 0.25) is 0 Å². The van der Waals surface area contributed by atoms with Gasteiger partial charge in [-0.2, -0.15) is 9.97 Å². The van der Waals surface area contributed by atoms with Crippen LogP contribution in [0.3, 0.4) is 0 Å². The third kappa shape index (κ3) is 3.59. The van der Waals surface area contributed by atoms with Crippen LogP contribution in [0, 0.1) is 6.92 Å². The van der Waals surface area contributed by atoms with Crippen molar-refractivity contribution in [1.29, 1.82) is 0 Å². The van der Waals surface area contributed by atoms with E-state index in [1.54, 1.807) is 11.8 Å². The fourth-order valence-corrected chi connectivity index (χ4v) is 3.11. The Morgan fingerprint density at radius 3 is 2.46 bits per heavy atom. The van der Waals surface area contributed by atoms with Crippen molar-refractivity contribution < 1.29 is 0 Å². The molecule has 0 aliphatic rings. The van der Waals surface area contributed by atoms with E-state index in [2.05, 4.69) is 62.0 Å². The summed E-state index contributed by atoms with van der Waals surface area (Å²) < 4.78 is 1.86. The molecule has 1 aromatic carbocycles. The highest BCUT2D eigenvalue weighted by Gasteiger charge is 2.14. The molecule has 7 nitrogen and oxygen atoms in total. The Bertz CT molecular complexity index is 813. The maximum absolute atomic E-state index is 4.52. The van der Waals surface area contributed by atoms with Gasteiger partial charge < -0.3 is 10.6 Å². The maximum Gasteiger partial charge on any atom is 0.261 e. The third-order valence-electron chi connectivity index (χ3n) is 3.40. The number of thioether (sulfide) groups is 1. The van der Waals surface area contributed by atoms with Crippen molar-refractivity contribution in [3.05, 3.63) is 35.4 Å². The Balaban J connectivity index is 1.88. The summed E-state index contributed by atoms with van der Waals surface area (Å²) in [5, 5.41) is 15.6. The average molecular weight is 343 g/mol. The fraction of sp³-hybridized carbons (Fsp3) is 0.375. The second-order valence-corrected chi connectivity index (χ2v) is 6.27. The topological polar surface area (TPSA) is 80.0 Å². The lowest BCUT2D eigenvalue weighted by atomic mass is 10.2. The van der Waals surface area contributed by atoms with Gasteiger partial charge in [-0.15, -0.1) is 10.2 Å². The van der Waals surface area contributed by atoms with Crippen molar-refractivity contribution in [2.75, 3.05) is 23.7 Å². The zero-order valence-corrected chi connectivity index (χ0v) is 14.9. The molecule has 3 rings (SSSR count). The van der Waals surface area contributed by atoms with E-state index in [4.69, 9.17) is 0 Å². The SMILES string of the molecule is CCNc1nc(NCC)n2c(SCc3ccc(C)cc3)nnc2n1. The number of fused-ring (bicyclic) bond motifs is 1. The average Bonchev–Trinajstić information content (AvgIpc) is 2.98. The van der Waals surface area contributed by atoms with E-state index in [0.717, 1.165) is 24.0 Å². The molecule has 0 atom stereocenters. The highest BCUT2D eigenvalue weighted by atomic mass is 32.2. The summed E-state index contributed by atoms with van der Waals surface area (Å²) in [5.74, 6) is 2.63. The Morgan fingerprint density at radius 2 is 1.75 bits per heavy atom. The highest BCUT2D eigenvalue weighted by Crippen LogP contribution is 2.24. The summed E-state index contributed by atoms with van der Waals surface area (Å²) in [6.07, 6.45) is 0. The van der Waals surface area contributed by atoms with Crippen LogP contribution in [0.5, 0.6) is 0 Å². The molecule has 2 N–H and O–H groups in total. The summed E-state index contributed by atoms with van der Waals surface area (Å²) >= 11 is 1.62. The molecule has 0 amide bonds. The number of anilines is 2. The number of aryl methyl sites for hydroxylation is 1. The van der Waals surface area contributed by atoms with Crippen LogP contribution >= 0.6 is 11.8 Å². The first kappa shape index (κ1) is 16.5. The van der Waals surface area contributed by atoms with Crippen LogP contribution in [-0.2, 0) is 5.75 Å². The van der Waals surface area contributed by atoms with Gasteiger partial charge in [0.2, 0.25) is 11.9 Å². The molecular formula is C16H21N7S. The van der Waals surface area contributed by atoms with Crippen molar-refractivity contribution in [3.63, 3.8) is 0 Å². The maximum atomic E-state index is 4.52. The molecular weight excluding hydrogens is 322 g/mol. The van der Waals surface area contributed by atoms with Crippen LogP contribution in [-0.4, -0.2) is 37.7 Å². The minimum atomic E-state index is 0.545. The van der Waals surface area contributed by atoms with Crippen LogP contribution in [0.25, 0.3) is 5.78 Å². The third-order valence-corrected chi connectivity index (χ3v) is 4.40. The van der Waals surface area contributed by atoms with Gasteiger partial charge in [0.25, 0.3) is 5.78 Å². The molecule has 0 spiro atoms. The van der Waals surface area contributed by atoms with Gasteiger partial charge in [0.15, 0.2) is 5.16 Å². The van der Waals surface area contributed by atoms with Crippen molar-refractivity contribution in [2.24, 2.45) is 0 Å². The summed E-state index contributed by atoms with van der Waals surface area (Å²) in [7, 11) is 0. The van der Waals surface area contributed by atoms with Gasteiger partial charge in [-0.3, -0.25) is 0 Å². The lowest BCUT2D eigenvalue weighted by Gasteiger charge is -2.09. The Kier molecular flexibility index (Phi) is 5.14. The molecule has 8 heteroatoms. The van der Waals surface area contributed by atoms with E-state index in [9.17, 15) is 0 Å². The standard InChI is InChI=1S/C16H21N7S/c1-4-17-13-19-14(18-5-2)23-15(20-13)21-22-16(23)24-10-12-8-6-11(3)7-9-12/h6-9H,4-5,10H2,1-3H3,(H2,17,18,19,20,21). The Morgan fingerprint density at radius 1 is 1.00 bits per heavy atom. The number of nitrogens with zero attached hydrogens (tertiary/aromatic N) is 5. The number of aromatic nitrogens is 5. The first-order chi connectivity index (χ1) is 11.7. The molecule has 0 aliphatic carbocycles. The van der Waals surface area contributed by atoms with Crippen LogP contribution in [0.4, 0.5) is 11.9 Å². The van der Waals surface area contributed by atoms with Crippen LogP contribution in [0.1, 0.15) is 25.0 Å². The Labute approximate surface area is 145 Å². The van der Waals surface area contributed by atoms with Crippen molar-refractivity contribution in [3.8, 4) is 0 Å². The normalized spacial score (nSPS) is 11.0. The number of nitrogens with one attached hydrogen (secondary N) is 2. The summed E-state index contributed by atoms with van der Waals surface area (Å²) in [4.78, 5) is 8.93. The molecule has 2 heterocycles. The summed E-state index contributed by atoms with van der Waals surface area (Å²) in [6, 6.07) is 8.51. The molecule has 126 valence electrons. The predicted octanol–water partition coefficient (Wildman–Crippen LogP) is 2.98. The zero-order valence-electron chi connectivity index (χ0n) is 14.1. The van der Waals surface area contributed by atoms with Gasteiger partial charge in [0.1, 0.15) is 0 Å². The number of rotatable bonds is 7.